The topological polar surface area (TPSA) is 68.0 Å². The Labute approximate surface area is 135 Å². The highest BCUT2D eigenvalue weighted by Crippen LogP contribution is 2.24. The summed E-state index contributed by atoms with van der Waals surface area (Å²) in [6.45, 7) is 1.90. The molecule has 0 saturated heterocycles. The van der Waals surface area contributed by atoms with Gasteiger partial charge in [0.05, 0.1) is 0 Å². The molecule has 0 aliphatic carbocycles. The van der Waals surface area contributed by atoms with Crippen molar-refractivity contribution in [3.8, 4) is 0 Å². The van der Waals surface area contributed by atoms with Crippen molar-refractivity contribution in [1.82, 2.24) is 4.98 Å². The molecule has 0 fully saturated rings. The quantitative estimate of drug-likeness (QED) is 0.768. The van der Waals surface area contributed by atoms with Crippen molar-refractivity contribution in [2.24, 2.45) is 5.73 Å². The maximum absolute atomic E-state index is 11.7. The van der Waals surface area contributed by atoms with E-state index in [1.165, 1.54) is 5.56 Å². The van der Waals surface area contributed by atoms with Gasteiger partial charge in [0, 0.05) is 41.2 Å². The summed E-state index contributed by atoms with van der Waals surface area (Å²) in [5.74, 6) is 0.890. The lowest BCUT2D eigenvalue weighted by molar-refractivity contribution is -0.116. The average molecular weight is 315 g/mol. The first-order valence-corrected chi connectivity index (χ1v) is 8.29. The number of rotatable bonds is 7. The molecule has 1 heterocycles. The SMILES string of the molecule is CC(N)CCC(=O)Nc1ccc(SCc2cccnc2)cc1. The first-order valence-electron chi connectivity index (χ1n) is 7.30. The van der Waals surface area contributed by atoms with Crippen molar-refractivity contribution in [1.29, 1.82) is 0 Å². The Balaban J connectivity index is 1.81. The second-order valence-corrected chi connectivity index (χ2v) is 6.29. The minimum Gasteiger partial charge on any atom is -0.328 e. The van der Waals surface area contributed by atoms with Gasteiger partial charge in [-0.2, -0.15) is 0 Å². The van der Waals surface area contributed by atoms with E-state index in [0.29, 0.717) is 12.8 Å². The number of nitrogens with one attached hydrogen (secondary N) is 1. The summed E-state index contributed by atoms with van der Waals surface area (Å²) in [6, 6.07) is 11.9. The number of carbonyl (C=O) groups excluding carboxylic acids is 1. The van der Waals surface area contributed by atoms with Gasteiger partial charge >= 0.3 is 0 Å². The Hall–Kier alpha value is -1.85. The van der Waals surface area contributed by atoms with E-state index in [2.05, 4.69) is 16.4 Å². The fraction of sp³-hybridized carbons (Fsp3) is 0.294. The van der Waals surface area contributed by atoms with Gasteiger partial charge in [-0.05, 0) is 49.2 Å². The van der Waals surface area contributed by atoms with Crippen LogP contribution in [0.1, 0.15) is 25.3 Å². The van der Waals surface area contributed by atoms with Crippen LogP contribution in [0.2, 0.25) is 0 Å². The number of benzene rings is 1. The number of anilines is 1. The molecule has 1 aromatic carbocycles. The van der Waals surface area contributed by atoms with Crippen LogP contribution in [0, 0.1) is 0 Å². The van der Waals surface area contributed by atoms with Gasteiger partial charge in [0.15, 0.2) is 0 Å². The lowest BCUT2D eigenvalue weighted by Crippen LogP contribution is -2.19. The van der Waals surface area contributed by atoms with E-state index in [4.69, 9.17) is 5.73 Å². The van der Waals surface area contributed by atoms with Gasteiger partial charge in [0.25, 0.3) is 0 Å². The van der Waals surface area contributed by atoms with E-state index in [1.54, 1.807) is 18.0 Å². The smallest absolute Gasteiger partial charge is 0.224 e. The van der Waals surface area contributed by atoms with Crippen molar-refractivity contribution in [2.45, 2.75) is 36.5 Å². The van der Waals surface area contributed by atoms with Gasteiger partial charge in [-0.15, -0.1) is 11.8 Å². The molecule has 0 radical (unpaired) electrons. The zero-order chi connectivity index (χ0) is 15.8. The van der Waals surface area contributed by atoms with Crippen molar-refractivity contribution < 1.29 is 4.79 Å². The zero-order valence-electron chi connectivity index (χ0n) is 12.7. The average Bonchev–Trinajstić information content (AvgIpc) is 2.53. The van der Waals surface area contributed by atoms with Crippen LogP contribution < -0.4 is 11.1 Å². The molecule has 0 spiro atoms. The number of nitrogens with two attached hydrogens (primary N) is 1. The van der Waals surface area contributed by atoms with E-state index in [9.17, 15) is 4.79 Å². The number of hydrogen-bond donors (Lipinski definition) is 2. The molecule has 2 aromatic rings. The molecule has 0 bridgehead atoms. The molecule has 5 heteroatoms. The summed E-state index contributed by atoms with van der Waals surface area (Å²) in [4.78, 5) is 17.0. The Morgan fingerprint density at radius 3 is 2.73 bits per heavy atom. The van der Waals surface area contributed by atoms with Crippen molar-refractivity contribution in [2.75, 3.05) is 5.32 Å². The van der Waals surface area contributed by atoms with Crippen molar-refractivity contribution >= 4 is 23.4 Å². The number of amides is 1. The molecular formula is C17H21N3OS. The Morgan fingerprint density at radius 2 is 2.09 bits per heavy atom. The summed E-state index contributed by atoms with van der Waals surface area (Å²) < 4.78 is 0. The molecule has 1 amide bonds. The van der Waals surface area contributed by atoms with Crippen LogP contribution >= 0.6 is 11.8 Å². The highest BCUT2D eigenvalue weighted by atomic mass is 32.2. The predicted octanol–water partition coefficient (Wildman–Crippen LogP) is 3.44. The van der Waals surface area contributed by atoms with Gasteiger partial charge in [-0.1, -0.05) is 6.07 Å². The number of thioether (sulfide) groups is 1. The minimum atomic E-state index is 0.00747. The molecule has 1 aromatic heterocycles. The number of carbonyl (C=O) groups is 1. The number of aromatic nitrogens is 1. The van der Waals surface area contributed by atoms with Crippen LogP contribution in [0.3, 0.4) is 0 Å². The van der Waals surface area contributed by atoms with Crippen LogP contribution in [0.4, 0.5) is 5.69 Å². The zero-order valence-corrected chi connectivity index (χ0v) is 13.5. The molecule has 1 atom stereocenters. The largest absolute Gasteiger partial charge is 0.328 e. The van der Waals surface area contributed by atoms with Gasteiger partial charge in [-0.25, -0.2) is 0 Å². The first kappa shape index (κ1) is 16.5. The summed E-state index contributed by atoms with van der Waals surface area (Å²) in [7, 11) is 0. The normalized spacial score (nSPS) is 11.9. The van der Waals surface area contributed by atoms with Gasteiger partial charge in [0.2, 0.25) is 5.91 Å². The number of pyridine rings is 1. The fourth-order valence-electron chi connectivity index (χ4n) is 1.87. The molecule has 0 aliphatic rings. The fourth-order valence-corrected chi connectivity index (χ4v) is 2.70. The van der Waals surface area contributed by atoms with Crippen molar-refractivity contribution in [3.63, 3.8) is 0 Å². The third-order valence-electron chi connectivity index (χ3n) is 3.09. The molecular weight excluding hydrogens is 294 g/mol. The highest BCUT2D eigenvalue weighted by molar-refractivity contribution is 7.98. The standard InChI is InChI=1S/C17H21N3OS/c1-13(18)4-9-17(21)20-15-5-7-16(8-6-15)22-12-14-3-2-10-19-11-14/h2-3,5-8,10-11,13H,4,9,12,18H2,1H3,(H,20,21). The summed E-state index contributed by atoms with van der Waals surface area (Å²) in [6.07, 6.45) is 4.80. The maximum Gasteiger partial charge on any atom is 0.224 e. The van der Waals surface area contributed by atoms with E-state index in [1.807, 2.05) is 43.5 Å². The summed E-state index contributed by atoms with van der Waals surface area (Å²) in [5, 5.41) is 2.88. The van der Waals surface area contributed by atoms with Crippen LogP contribution in [-0.2, 0) is 10.5 Å². The van der Waals surface area contributed by atoms with Crippen molar-refractivity contribution in [3.05, 3.63) is 54.4 Å². The lowest BCUT2D eigenvalue weighted by Gasteiger charge is -2.08. The van der Waals surface area contributed by atoms with Crippen LogP contribution in [0.25, 0.3) is 0 Å². The first-order chi connectivity index (χ1) is 10.6. The summed E-state index contributed by atoms with van der Waals surface area (Å²) >= 11 is 1.75. The summed E-state index contributed by atoms with van der Waals surface area (Å²) in [5.41, 5.74) is 7.66. The van der Waals surface area contributed by atoms with Gasteiger partial charge in [0.1, 0.15) is 0 Å². The van der Waals surface area contributed by atoms with Crippen LogP contribution in [0.15, 0.2) is 53.7 Å². The second-order valence-electron chi connectivity index (χ2n) is 5.24. The van der Waals surface area contributed by atoms with Crippen LogP contribution in [0.5, 0.6) is 0 Å². The Bertz CT molecular complexity index is 585. The molecule has 116 valence electrons. The highest BCUT2D eigenvalue weighted by Gasteiger charge is 2.04. The van der Waals surface area contributed by atoms with Gasteiger partial charge < -0.3 is 11.1 Å². The van der Waals surface area contributed by atoms with E-state index in [0.717, 1.165) is 16.3 Å². The molecule has 3 N–H and O–H groups in total. The van der Waals surface area contributed by atoms with E-state index < -0.39 is 0 Å². The Kier molecular flexibility index (Phi) is 6.43. The molecule has 1 unspecified atom stereocenters. The van der Waals surface area contributed by atoms with E-state index in [-0.39, 0.29) is 11.9 Å². The third kappa shape index (κ3) is 5.87. The molecule has 2 rings (SSSR count). The monoisotopic (exact) mass is 315 g/mol. The number of hydrogen-bond acceptors (Lipinski definition) is 4. The predicted molar refractivity (Wildman–Crippen MR) is 91.8 cm³/mol. The minimum absolute atomic E-state index is 0.00747. The van der Waals surface area contributed by atoms with Gasteiger partial charge in [-0.3, -0.25) is 9.78 Å². The lowest BCUT2D eigenvalue weighted by atomic mass is 10.2. The molecule has 22 heavy (non-hydrogen) atoms. The maximum atomic E-state index is 11.7. The molecule has 0 saturated carbocycles. The van der Waals surface area contributed by atoms with E-state index >= 15 is 0 Å². The molecule has 0 aliphatic heterocycles. The van der Waals surface area contributed by atoms with Crippen LogP contribution in [-0.4, -0.2) is 16.9 Å². The second kappa shape index (κ2) is 8.56. The Morgan fingerprint density at radius 1 is 1.32 bits per heavy atom. The number of nitrogens with zero attached hydrogens (tertiary/aromatic N) is 1. The molecule has 4 nitrogen and oxygen atoms in total. The third-order valence-corrected chi connectivity index (χ3v) is 4.18.